The lowest BCUT2D eigenvalue weighted by Crippen LogP contribution is -2.35. The zero-order valence-electron chi connectivity index (χ0n) is 11.8. The van der Waals surface area contributed by atoms with Gasteiger partial charge in [0, 0.05) is 29.8 Å². The Labute approximate surface area is 127 Å². The first kappa shape index (κ1) is 15.4. The van der Waals surface area contributed by atoms with Gasteiger partial charge in [0.05, 0.1) is 6.42 Å². The van der Waals surface area contributed by atoms with Gasteiger partial charge in [0.2, 0.25) is 5.91 Å². The number of carbonyl (C=O) groups is 2. The van der Waals surface area contributed by atoms with Gasteiger partial charge >= 0.3 is 5.97 Å². The quantitative estimate of drug-likeness (QED) is 0.892. The van der Waals surface area contributed by atoms with Crippen molar-refractivity contribution in [1.29, 1.82) is 0 Å². The van der Waals surface area contributed by atoms with Crippen molar-refractivity contribution in [3.8, 4) is 0 Å². The molecule has 1 heterocycles. The SMILES string of the molecule is CCN(CCC(=O)O)C(=O)Cn1ccc2ccc(Cl)cc21. The predicted octanol–water partition coefficient (Wildman–Crippen LogP) is 2.62. The van der Waals surface area contributed by atoms with Gasteiger partial charge in [0.25, 0.3) is 0 Å². The van der Waals surface area contributed by atoms with Gasteiger partial charge in [-0.1, -0.05) is 17.7 Å². The van der Waals surface area contributed by atoms with Gasteiger partial charge in [-0.3, -0.25) is 9.59 Å². The molecule has 6 heteroatoms. The molecule has 0 fully saturated rings. The number of rotatable bonds is 6. The molecule has 0 bridgehead atoms. The molecule has 5 nitrogen and oxygen atoms in total. The molecule has 21 heavy (non-hydrogen) atoms. The Morgan fingerprint density at radius 3 is 2.76 bits per heavy atom. The number of carboxylic acids is 1. The van der Waals surface area contributed by atoms with Gasteiger partial charge in [-0.15, -0.1) is 0 Å². The lowest BCUT2D eigenvalue weighted by Gasteiger charge is -2.20. The number of hydrogen-bond acceptors (Lipinski definition) is 2. The van der Waals surface area contributed by atoms with Gasteiger partial charge in [-0.05, 0) is 30.5 Å². The van der Waals surface area contributed by atoms with Crippen LogP contribution in [-0.4, -0.2) is 39.5 Å². The third kappa shape index (κ3) is 3.76. The van der Waals surface area contributed by atoms with Crippen molar-refractivity contribution in [3.63, 3.8) is 0 Å². The van der Waals surface area contributed by atoms with Crippen molar-refractivity contribution in [3.05, 3.63) is 35.5 Å². The molecule has 0 spiro atoms. The average molecular weight is 309 g/mol. The smallest absolute Gasteiger partial charge is 0.305 e. The molecule has 0 aliphatic heterocycles. The Bertz CT molecular complexity index is 666. The Balaban J connectivity index is 2.13. The first-order valence-electron chi connectivity index (χ1n) is 6.75. The summed E-state index contributed by atoms with van der Waals surface area (Å²) in [4.78, 5) is 24.4. The summed E-state index contributed by atoms with van der Waals surface area (Å²) in [6.45, 7) is 2.73. The van der Waals surface area contributed by atoms with Crippen LogP contribution in [0.4, 0.5) is 0 Å². The Kier molecular flexibility index (Phi) is 4.85. The van der Waals surface area contributed by atoms with Crippen LogP contribution in [0.5, 0.6) is 0 Å². The van der Waals surface area contributed by atoms with Crippen LogP contribution in [0.1, 0.15) is 13.3 Å². The zero-order chi connectivity index (χ0) is 15.4. The maximum atomic E-state index is 12.3. The lowest BCUT2D eigenvalue weighted by molar-refractivity contribution is -0.138. The highest BCUT2D eigenvalue weighted by atomic mass is 35.5. The number of likely N-dealkylation sites (N-methyl/N-ethyl adjacent to an activating group) is 1. The molecule has 1 aromatic heterocycles. The first-order valence-corrected chi connectivity index (χ1v) is 7.13. The predicted molar refractivity (Wildman–Crippen MR) is 81.5 cm³/mol. The van der Waals surface area contributed by atoms with E-state index in [9.17, 15) is 9.59 Å². The monoisotopic (exact) mass is 308 g/mol. The molecule has 2 aromatic rings. The van der Waals surface area contributed by atoms with Gasteiger partial charge < -0.3 is 14.6 Å². The number of fused-ring (bicyclic) bond motifs is 1. The lowest BCUT2D eigenvalue weighted by atomic mass is 10.2. The molecule has 1 amide bonds. The highest BCUT2D eigenvalue weighted by Gasteiger charge is 2.14. The highest BCUT2D eigenvalue weighted by molar-refractivity contribution is 6.31. The molecular weight excluding hydrogens is 292 g/mol. The van der Waals surface area contributed by atoms with E-state index in [0.717, 1.165) is 10.9 Å². The van der Waals surface area contributed by atoms with E-state index in [2.05, 4.69) is 0 Å². The van der Waals surface area contributed by atoms with Crippen LogP contribution < -0.4 is 0 Å². The van der Waals surface area contributed by atoms with Gasteiger partial charge in [-0.2, -0.15) is 0 Å². The Morgan fingerprint density at radius 1 is 1.33 bits per heavy atom. The van der Waals surface area contributed by atoms with E-state index in [4.69, 9.17) is 16.7 Å². The number of hydrogen-bond donors (Lipinski definition) is 1. The van der Waals surface area contributed by atoms with E-state index in [1.807, 2.05) is 35.9 Å². The van der Waals surface area contributed by atoms with Gasteiger partial charge in [0.1, 0.15) is 6.54 Å². The first-order chi connectivity index (χ1) is 10.0. The Hall–Kier alpha value is -2.01. The fourth-order valence-corrected chi connectivity index (χ4v) is 2.40. The molecule has 0 unspecified atom stereocenters. The third-order valence-electron chi connectivity index (χ3n) is 3.37. The number of halogens is 1. The number of amides is 1. The number of aliphatic carboxylic acids is 1. The number of carbonyl (C=O) groups excluding carboxylic acids is 1. The summed E-state index contributed by atoms with van der Waals surface area (Å²) in [6, 6.07) is 7.45. The van der Waals surface area contributed by atoms with E-state index in [1.54, 1.807) is 11.0 Å². The third-order valence-corrected chi connectivity index (χ3v) is 3.61. The molecule has 1 N–H and O–H groups in total. The van der Waals surface area contributed by atoms with Crippen molar-refractivity contribution in [1.82, 2.24) is 9.47 Å². The topological polar surface area (TPSA) is 62.5 Å². The van der Waals surface area contributed by atoms with E-state index in [0.29, 0.717) is 11.6 Å². The molecule has 0 saturated carbocycles. The maximum absolute atomic E-state index is 12.3. The highest BCUT2D eigenvalue weighted by Crippen LogP contribution is 2.20. The fourth-order valence-electron chi connectivity index (χ4n) is 2.23. The Morgan fingerprint density at radius 2 is 2.10 bits per heavy atom. The van der Waals surface area contributed by atoms with Gasteiger partial charge in [0.15, 0.2) is 0 Å². The standard InChI is InChI=1S/C15H17ClN2O3/c1-2-17(8-6-15(20)21)14(19)10-18-7-5-11-3-4-12(16)9-13(11)18/h3-5,7,9H,2,6,8,10H2,1H3,(H,20,21). The summed E-state index contributed by atoms with van der Waals surface area (Å²) in [7, 11) is 0. The largest absolute Gasteiger partial charge is 0.481 e. The van der Waals surface area contributed by atoms with Crippen LogP contribution in [0.2, 0.25) is 5.02 Å². The van der Waals surface area contributed by atoms with E-state index in [-0.39, 0.29) is 25.4 Å². The second-order valence-electron chi connectivity index (χ2n) is 4.76. The maximum Gasteiger partial charge on any atom is 0.305 e. The second-order valence-corrected chi connectivity index (χ2v) is 5.20. The van der Waals surface area contributed by atoms with Crippen LogP contribution in [0.25, 0.3) is 10.9 Å². The summed E-state index contributed by atoms with van der Waals surface area (Å²) in [5.74, 6) is -1.00. The number of carboxylic acid groups (broad SMARTS) is 1. The van der Waals surface area contributed by atoms with Crippen LogP contribution in [0.15, 0.2) is 30.5 Å². The van der Waals surface area contributed by atoms with Crippen molar-refractivity contribution >= 4 is 34.4 Å². The zero-order valence-corrected chi connectivity index (χ0v) is 12.5. The van der Waals surface area contributed by atoms with Crippen LogP contribution in [0, 0.1) is 0 Å². The molecule has 0 saturated heterocycles. The van der Waals surface area contributed by atoms with Crippen molar-refractivity contribution in [2.75, 3.05) is 13.1 Å². The van der Waals surface area contributed by atoms with Crippen LogP contribution in [0.3, 0.4) is 0 Å². The van der Waals surface area contributed by atoms with E-state index < -0.39 is 5.97 Å². The summed E-state index contributed by atoms with van der Waals surface area (Å²) < 4.78 is 1.83. The summed E-state index contributed by atoms with van der Waals surface area (Å²) in [6.07, 6.45) is 1.79. The van der Waals surface area contributed by atoms with Crippen molar-refractivity contribution in [2.24, 2.45) is 0 Å². The molecule has 0 aliphatic carbocycles. The van der Waals surface area contributed by atoms with Gasteiger partial charge in [-0.25, -0.2) is 0 Å². The molecule has 112 valence electrons. The number of aromatic nitrogens is 1. The van der Waals surface area contributed by atoms with Crippen molar-refractivity contribution < 1.29 is 14.7 Å². The summed E-state index contributed by atoms with van der Waals surface area (Å²) in [5, 5.41) is 10.3. The normalized spacial score (nSPS) is 10.8. The summed E-state index contributed by atoms with van der Waals surface area (Å²) in [5.41, 5.74) is 0.894. The van der Waals surface area contributed by atoms with Crippen molar-refractivity contribution in [2.45, 2.75) is 19.9 Å². The molecule has 2 rings (SSSR count). The van der Waals surface area contributed by atoms with E-state index >= 15 is 0 Å². The minimum absolute atomic E-state index is 0.0438. The second kappa shape index (κ2) is 6.63. The van der Waals surface area contributed by atoms with Crippen LogP contribution >= 0.6 is 11.6 Å². The summed E-state index contributed by atoms with van der Waals surface area (Å²) >= 11 is 5.98. The van der Waals surface area contributed by atoms with E-state index in [1.165, 1.54) is 0 Å². The minimum Gasteiger partial charge on any atom is -0.481 e. The molecule has 1 aromatic carbocycles. The molecule has 0 aliphatic rings. The number of benzene rings is 1. The molecular formula is C15H17ClN2O3. The molecule has 0 radical (unpaired) electrons. The minimum atomic E-state index is -0.903. The number of nitrogens with zero attached hydrogens (tertiary/aromatic N) is 2. The average Bonchev–Trinajstić information content (AvgIpc) is 2.81. The van der Waals surface area contributed by atoms with Crippen LogP contribution in [-0.2, 0) is 16.1 Å². The fraction of sp³-hybridized carbons (Fsp3) is 0.333. The molecule has 0 atom stereocenters.